The highest BCUT2D eigenvalue weighted by Crippen LogP contribution is 2.32. The maximum Gasteiger partial charge on any atom is 0.410 e. The van der Waals surface area contributed by atoms with Gasteiger partial charge in [0.15, 0.2) is 0 Å². The van der Waals surface area contributed by atoms with Gasteiger partial charge in [-0.1, -0.05) is 12.1 Å². The molecule has 0 bridgehead atoms. The van der Waals surface area contributed by atoms with Gasteiger partial charge < -0.3 is 14.7 Å². The van der Waals surface area contributed by atoms with Crippen LogP contribution >= 0.6 is 0 Å². The highest BCUT2D eigenvalue weighted by Gasteiger charge is 2.42. The number of aliphatic hydroxyl groups is 1. The standard InChI is InChI=1S/C13H24N2O4/c1-5-13(17)6-7-15(9-10(13)8-14-18)11(16)19-12(2,3)4/h10,17H,5-9H2,1-4H3. The van der Waals surface area contributed by atoms with Crippen molar-refractivity contribution in [3.8, 4) is 0 Å². The van der Waals surface area contributed by atoms with Gasteiger partial charge in [0.05, 0.1) is 12.1 Å². The van der Waals surface area contributed by atoms with Gasteiger partial charge in [-0.2, -0.15) is 4.91 Å². The molecule has 2 unspecified atom stereocenters. The number of amides is 1. The second kappa shape index (κ2) is 5.86. The van der Waals surface area contributed by atoms with E-state index in [2.05, 4.69) is 5.18 Å². The van der Waals surface area contributed by atoms with Crippen molar-refractivity contribution >= 4 is 6.09 Å². The van der Waals surface area contributed by atoms with E-state index in [1.165, 1.54) is 0 Å². The van der Waals surface area contributed by atoms with Crippen LogP contribution in [0, 0.1) is 10.8 Å². The zero-order chi connectivity index (χ0) is 14.7. The molecule has 0 aromatic heterocycles. The second-order valence-corrected chi connectivity index (χ2v) is 6.14. The van der Waals surface area contributed by atoms with E-state index in [1.54, 1.807) is 4.90 Å². The molecule has 110 valence electrons. The minimum absolute atomic E-state index is 0.0175. The van der Waals surface area contributed by atoms with Crippen molar-refractivity contribution in [2.75, 3.05) is 19.6 Å². The maximum absolute atomic E-state index is 12.0. The number of likely N-dealkylation sites (tertiary alicyclic amines) is 1. The van der Waals surface area contributed by atoms with E-state index in [0.29, 0.717) is 25.9 Å². The summed E-state index contributed by atoms with van der Waals surface area (Å²) >= 11 is 0. The first-order valence-electron chi connectivity index (χ1n) is 6.71. The largest absolute Gasteiger partial charge is 0.444 e. The molecule has 6 nitrogen and oxygen atoms in total. The quantitative estimate of drug-likeness (QED) is 0.798. The number of hydrogen-bond acceptors (Lipinski definition) is 5. The fourth-order valence-corrected chi connectivity index (χ4v) is 2.34. The first kappa shape index (κ1) is 15.9. The van der Waals surface area contributed by atoms with Crippen LogP contribution in [0.5, 0.6) is 0 Å². The summed E-state index contributed by atoms with van der Waals surface area (Å²) < 4.78 is 5.30. The Balaban J connectivity index is 2.71. The second-order valence-electron chi connectivity index (χ2n) is 6.14. The Labute approximate surface area is 114 Å². The first-order chi connectivity index (χ1) is 8.72. The van der Waals surface area contributed by atoms with E-state index in [1.807, 2.05) is 27.7 Å². The topological polar surface area (TPSA) is 79.2 Å². The van der Waals surface area contributed by atoms with Crippen molar-refractivity contribution in [2.45, 2.75) is 51.7 Å². The lowest BCUT2D eigenvalue weighted by atomic mass is 9.79. The summed E-state index contributed by atoms with van der Waals surface area (Å²) in [6.45, 7) is 8.06. The van der Waals surface area contributed by atoms with Crippen molar-refractivity contribution < 1.29 is 14.6 Å². The molecule has 0 spiro atoms. The molecule has 0 aromatic carbocycles. The van der Waals surface area contributed by atoms with Gasteiger partial charge in [-0.15, -0.1) is 0 Å². The Morgan fingerprint density at radius 2 is 2.16 bits per heavy atom. The zero-order valence-electron chi connectivity index (χ0n) is 12.2. The SMILES string of the molecule is CCC1(O)CCN(C(=O)OC(C)(C)C)CC1CN=O. The Kier molecular flexibility index (Phi) is 4.90. The van der Waals surface area contributed by atoms with Gasteiger partial charge in [0, 0.05) is 19.0 Å². The van der Waals surface area contributed by atoms with E-state index in [-0.39, 0.29) is 12.5 Å². The molecule has 1 amide bonds. The molecule has 1 fully saturated rings. The zero-order valence-corrected chi connectivity index (χ0v) is 12.2. The third-order valence-corrected chi connectivity index (χ3v) is 3.57. The normalized spacial score (nSPS) is 28.1. The van der Waals surface area contributed by atoms with E-state index in [0.717, 1.165) is 0 Å². The number of rotatable bonds is 3. The Morgan fingerprint density at radius 3 is 2.63 bits per heavy atom. The van der Waals surface area contributed by atoms with Crippen LogP contribution < -0.4 is 0 Å². The fraction of sp³-hybridized carbons (Fsp3) is 0.923. The summed E-state index contributed by atoms with van der Waals surface area (Å²) in [5, 5.41) is 13.3. The van der Waals surface area contributed by atoms with Crippen molar-refractivity contribution in [2.24, 2.45) is 11.1 Å². The van der Waals surface area contributed by atoms with E-state index < -0.39 is 17.3 Å². The molecule has 1 saturated heterocycles. The van der Waals surface area contributed by atoms with Crippen LogP contribution in [0.2, 0.25) is 0 Å². The first-order valence-corrected chi connectivity index (χ1v) is 6.71. The van der Waals surface area contributed by atoms with E-state index >= 15 is 0 Å². The van der Waals surface area contributed by atoms with Gasteiger partial charge in [-0.3, -0.25) is 0 Å². The molecular formula is C13H24N2O4. The summed E-state index contributed by atoms with van der Waals surface area (Å²) in [7, 11) is 0. The van der Waals surface area contributed by atoms with Gasteiger partial charge in [-0.25, -0.2) is 4.79 Å². The van der Waals surface area contributed by atoms with Crippen LogP contribution in [0.4, 0.5) is 4.79 Å². The van der Waals surface area contributed by atoms with Crippen LogP contribution in [0.3, 0.4) is 0 Å². The number of nitroso groups, excluding NO2 is 1. The molecule has 1 heterocycles. The van der Waals surface area contributed by atoms with Gasteiger partial charge in [-0.05, 0) is 33.6 Å². The van der Waals surface area contributed by atoms with E-state index in [4.69, 9.17) is 4.74 Å². The predicted octanol–water partition coefficient (Wildman–Crippen LogP) is 2.15. The molecule has 2 atom stereocenters. The lowest BCUT2D eigenvalue weighted by Crippen LogP contribution is -2.54. The van der Waals surface area contributed by atoms with Gasteiger partial charge in [0.1, 0.15) is 5.60 Å². The molecule has 1 aliphatic heterocycles. The summed E-state index contributed by atoms with van der Waals surface area (Å²) in [6, 6.07) is 0. The lowest BCUT2D eigenvalue weighted by molar-refractivity contribution is -0.0730. The average molecular weight is 272 g/mol. The monoisotopic (exact) mass is 272 g/mol. The highest BCUT2D eigenvalue weighted by molar-refractivity contribution is 5.68. The van der Waals surface area contributed by atoms with Crippen molar-refractivity contribution in [1.82, 2.24) is 4.90 Å². The van der Waals surface area contributed by atoms with Crippen LogP contribution in [0.25, 0.3) is 0 Å². The third-order valence-electron chi connectivity index (χ3n) is 3.57. The predicted molar refractivity (Wildman–Crippen MR) is 71.8 cm³/mol. The maximum atomic E-state index is 12.0. The Hall–Kier alpha value is -1.17. The number of nitrogens with zero attached hydrogens (tertiary/aromatic N) is 2. The van der Waals surface area contributed by atoms with Gasteiger partial charge >= 0.3 is 6.09 Å². The number of carbonyl (C=O) groups excluding carboxylic acids is 1. The van der Waals surface area contributed by atoms with E-state index in [9.17, 15) is 14.8 Å². The molecule has 1 rings (SSSR count). The van der Waals surface area contributed by atoms with Gasteiger partial charge in [0.2, 0.25) is 0 Å². The highest BCUT2D eigenvalue weighted by atomic mass is 16.6. The minimum atomic E-state index is -0.910. The molecule has 0 radical (unpaired) electrons. The van der Waals surface area contributed by atoms with Crippen LogP contribution in [-0.2, 0) is 4.74 Å². The molecule has 6 heteroatoms. The molecule has 0 aliphatic carbocycles. The summed E-state index contributed by atoms with van der Waals surface area (Å²) in [4.78, 5) is 24.0. The Bertz CT molecular complexity index is 340. The van der Waals surface area contributed by atoms with Crippen LogP contribution in [0.1, 0.15) is 40.5 Å². The third kappa shape index (κ3) is 4.16. The summed E-state index contributed by atoms with van der Waals surface area (Å²) in [5.74, 6) is -0.323. The Morgan fingerprint density at radius 1 is 1.53 bits per heavy atom. The van der Waals surface area contributed by atoms with Crippen LogP contribution in [-0.4, -0.2) is 46.9 Å². The molecule has 1 aliphatic rings. The molecule has 0 saturated carbocycles. The van der Waals surface area contributed by atoms with Gasteiger partial charge in [0.25, 0.3) is 0 Å². The summed E-state index contributed by atoms with van der Waals surface area (Å²) in [6.07, 6.45) is 0.597. The molecule has 1 N–H and O–H groups in total. The smallest absolute Gasteiger partial charge is 0.410 e. The molecule has 0 aromatic rings. The summed E-state index contributed by atoms with van der Waals surface area (Å²) in [5.41, 5.74) is -1.46. The molecular weight excluding hydrogens is 248 g/mol. The fourth-order valence-electron chi connectivity index (χ4n) is 2.34. The number of piperidine rings is 1. The number of carbonyl (C=O) groups is 1. The minimum Gasteiger partial charge on any atom is -0.444 e. The average Bonchev–Trinajstić information content (AvgIpc) is 2.30. The number of ether oxygens (including phenoxy) is 1. The van der Waals surface area contributed by atoms with Crippen molar-refractivity contribution in [3.63, 3.8) is 0 Å². The van der Waals surface area contributed by atoms with Crippen molar-refractivity contribution in [1.29, 1.82) is 0 Å². The van der Waals surface area contributed by atoms with Crippen molar-refractivity contribution in [3.05, 3.63) is 4.91 Å². The molecule has 19 heavy (non-hydrogen) atoms. The lowest BCUT2D eigenvalue weighted by Gasteiger charge is -2.43. The number of hydrogen-bond donors (Lipinski definition) is 1. The van der Waals surface area contributed by atoms with Crippen LogP contribution in [0.15, 0.2) is 5.18 Å².